The molecule has 0 aromatic carbocycles. The Morgan fingerprint density at radius 2 is 0.122 bits per heavy atom. The number of hydrogen-bond acceptors (Lipinski definition) is 0. The van der Waals surface area contributed by atoms with E-state index in [2.05, 4.69) is 166 Å². The Labute approximate surface area is 314 Å². The van der Waals surface area contributed by atoms with Crippen molar-refractivity contribution in [3.63, 3.8) is 0 Å². The monoisotopic (exact) mass is 689 g/mol. The second kappa shape index (κ2) is 20.5. The lowest BCUT2D eigenvalue weighted by atomic mass is 9.60. The molecule has 0 atom stereocenters. The molecule has 0 nitrogen and oxygen atoms in total. The SMILES string of the molecule is C.CC1C(C)C(C)C1C.CC1C(C)C(C)C1C.CC1C(C)C(C)C1C.CC1C(C)C(C)C1C.CC1C(C)C(C)C1C.CC1C(C)C(C)C1C. The molecule has 6 rings (SSSR count). The van der Waals surface area contributed by atoms with Crippen LogP contribution in [-0.2, 0) is 0 Å². The van der Waals surface area contributed by atoms with Crippen molar-refractivity contribution >= 4 is 0 Å². The lowest BCUT2D eigenvalue weighted by Gasteiger charge is -2.45. The highest BCUT2D eigenvalue weighted by atomic mass is 14.5. The summed E-state index contributed by atoms with van der Waals surface area (Å²) in [6, 6.07) is 0. The van der Waals surface area contributed by atoms with Crippen molar-refractivity contribution in [1.29, 1.82) is 0 Å². The fourth-order valence-electron chi connectivity index (χ4n) is 10.6. The summed E-state index contributed by atoms with van der Waals surface area (Å²) >= 11 is 0. The van der Waals surface area contributed by atoms with Gasteiger partial charge in [-0.1, -0.05) is 174 Å². The Morgan fingerprint density at radius 1 is 0.102 bits per heavy atom. The molecule has 296 valence electrons. The summed E-state index contributed by atoms with van der Waals surface area (Å²) in [5.74, 6) is 23.4. The second-order valence-electron chi connectivity index (χ2n) is 20.6. The Kier molecular flexibility index (Phi) is 20.5. The van der Waals surface area contributed by atoms with E-state index < -0.39 is 0 Å². The summed E-state index contributed by atoms with van der Waals surface area (Å²) in [5.41, 5.74) is 0. The Balaban J connectivity index is 0.000000562. The average molecular weight is 689 g/mol. The van der Waals surface area contributed by atoms with Crippen LogP contribution in [0.5, 0.6) is 0 Å². The minimum atomic E-state index is 0. The van der Waals surface area contributed by atoms with Crippen molar-refractivity contribution in [2.45, 2.75) is 174 Å². The first-order valence-corrected chi connectivity index (χ1v) is 21.9. The van der Waals surface area contributed by atoms with Gasteiger partial charge in [-0.3, -0.25) is 0 Å². The highest BCUT2D eigenvalue weighted by Gasteiger charge is 2.41. The Hall–Kier alpha value is 0. The van der Waals surface area contributed by atoms with Gasteiger partial charge >= 0.3 is 0 Å². The van der Waals surface area contributed by atoms with E-state index in [1.165, 1.54) is 0 Å². The first-order chi connectivity index (χ1) is 21.9. The van der Waals surface area contributed by atoms with Crippen LogP contribution < -0.4 is 0 Å². The summed E-state index contributed by atoms with van der Waals surface area (Å²) in [6.45, 7) is 56.6. The smallest absolute Gasteiger partial charge is 0.0386 e. The molecular formula is C49H100. The standard InChI is InChI=1S/6C8H16.CH4/c6*1-5-6(2)8(4)7(5)3;/h6*5-8H,1-4H3;1H4. The Bertz CT molecular complexity index is 510. The van der Waals surface area contributed by atoms with E-state index in [1.807, 2.05) is 0 Å². The minimum Gasteiger partial charge on any atom is -0.0776 e. The summed E-state index contributed by atoms with van der Waals surface area (Å²) < 4.78 is 0. The normalized spacial score (nSPS) is 54.4. The fourth-order valence-corrected chi connectivity index (χ4v) is 10.6. The molecule has 0 heteroatoms. The van der Waals surface area contributed by atoms with Gasteiger partial charge in [0.25, 0.3) is 0 Å². The van der Waals surface area contributed by atoms with E-state index in [4.69, 9.17) is 0 Å². The molecule has 0 N–H and O–H groups in total. The van der Waals surface area contributed by atoms with Crippen molar-refractivity contribution < 1.29 is 0 Å². The van der Waals surface area contributed by atoms with Crippen molar-refractivity contribution in [3.8, 4) is 0 Å². The molecule has 49 heavy (non-hydrogen) atoms. The number of hydrogen-bond donors (Lipinski definition) is 0. The van der Waals surface area contributed by atoms with Crippen molar-refractivity contribution in [2.24, 2.45) is 142 Å². The molecule has 0 aromatic rings. The van der Waals surface area contributed by atoms with Crippen molar-refractivity contribution in [3.05, 3.63) is 0 Å². The molecule has 0 radical (unpaired) electrons. The van der Waals surface area contributed by atoms with Gasteiger partial charge in [0.1, 0.15) is 0 Å². The molecule has 0 saturated heterocycles. The van der Waals surface area contributed by atoms with Gasteiger partial charge in [-0.2, -0.15) is 0 Å². The van der Waals surface area contributed by atoms with E-state index in [-0.39, 0.29) is 7.43 Å². The van der Waals surface area contributed by atoms with Gasteiger partial charge in [-0.25, -0.2) is 0 Å². The lowest BCUT2D eigenvalue weighted by molar-refractivity contribution is 0.0302. The predicted molar refractivity (Wildman–Crippen MR) is 227 cm³/mol. The van der Waals surface area contributed by atoms with Crippen molar-refractivity contribution in [1.82, 2.24) is 0 Å². The zero-order valence-corrected chi connectivity index (χ0v) is 37.9. The molecule has 0 amide bonds. The van der Waals surface area contributed by atoms with Crippen LogP contribution >= 0.6 is 0 Å². The van der Waals surface area contributed by atoms with Gasteiger partial charge < -0.3 is 0 Å². The van der Waals surface area contributed by atoms with E-state index in [0.717, 1.165) is 142 Å². The van der Waals surface area contributed by atoms with E-state index in [1.54, 1.807) is 0 Å². The second-order valence-corrected chi connectivity index (χ2v) is 20.6. The summed E-state index contributed by atoms with van der Waals surface area (Å²) in [4.78, 5) is 0. The molecule has 0 aliphatic heterocycles. The predicted octanol–water partition coefficient (Wildman–Crippen LogP) is 15.9. The lowest BCUT2D eigenvalue weighted by Crippen LogP contribution is -2.39. The van der Waals surface area contributed by atoms with E-state index in [0.29, 0.717) is 0 Å². The molecule has 0 spiro atoms. The maximum Gasteiger partial charge on any atom is -0.0386 e. The molecule has 0 bridgehead atoms. The largest absolute Gasteiger partial charge is 0.0776 e. The van der Waals surface area contributed by atoms with Crippen LogP contribution in [-0.4, -0.2) is 0 Å². The summed E-state index contributed by atoms with van der Waals surface area (Å²) in [5, 5.41) is 0. The molecule has 0 unspecified atom stereocenters. The minimum absolute atomic E-state index is 0. The Morgan fingerprint density at radius 3 is 0.143 bits per heavy atom. The maximum atomic E-state index is 2.36. The van der Waals surface area contributed by atoms with Crippen LogP contribution in [0.15, 0.2) is 0 Å². The fraction of sp³-hybridized carbons (Fsp3) is 1.00. The van der Waals surface area contributed by atoms with Crippen LogP contribution in [0.1, 0.15) is 174 Å². The third kappa shape index (κ3) is 11.0. The maximum absolute atomic E-state index is 2.36. The average Bonchev–Trinajstić information content (AvgIpc) is 3.13. The van der Waals surface area contributed by atoms with Crippen LogP contribution in [0.2, 0.25) is 0 Å². The highest BCUT2D eigenvalue weighted by Crippen LogP contribution is 2.47. The topological polar surface area (TPSA) is 0 Å². The van der Waals surface area contributed by atoms with Gasteiger partial charge in [0, 0.05) is 0 Å². The highest BCUT2D eigenvalue weighted by molar-refractivity contribution is 4.90. The van der Waals surface area contributed by atoms with Crippen LogP contribution in [0.25, 0.3) is 0 Å². The van der Waals surface area contributed by atoms with Crippen molar-refractivity contribution in [2.75, 3.05) is 0 Å². The molecule has 6 aliphatic carbocycles. The number of rotatable bonds is 0. The first kappa shape index (κ1) is 49.0. The first-order valence-electron chi connectivity index (χ1n) is 21.9. The molecule has 6 saturated carbocycles. The third-order valence-corrected chi connectivity index (χ3v) is 19.9. The van der Waals surface area contributed by atoms with Gasteiger partial charge in [-0.05, 0) is 142 Å². The molecule has 0 aromatic heterocycles. The summed E-state index contributed by atoms with van der Waals surface area (Å²) in [7, 11) is 0. The molecule has 0 heterocycles. The van der Waals surface area contributed by atoms with E-state index >= 15 is 0 Å². The molecule has 6 fully saturated rings. The molecule has 6 aliphatic rings. The van der Waals surface area contributed by atoms with Gasteiger partial charge in [-0.15, -0.1) is 0 Å². The van der Waals surface area contributed by atoms with Gasteiger partial charge in [0.05, 0.1) is 0 Å². The molecular weight excluding hydrogens is 589 g/mol. The van der Waals surface area contributed by atoms with Gasteiger partial charge in [0.15, 0.2) is 0 Å². The quantitative estimate of drug-likeness (QED) is 0.238. The zero-order chi connectivity index (χ0) is 37.9. The van der Waals surface area contributed by atoms with Crippen LogP contribution in [0, 0.1) is 142 Å². The van der Waals surface area contributed by atoms with E-state index in [9.17, 15) is 0 Å². The van der Waals surface area contributed by atoms with Crippen LogP contribution in [0.3, 0.4) is 0 Å². The van der Waals surface area contributed by atoms with Gasteiger partial charge in [0.2, 0.25) is 0 Å². The third-order valence-electron chi connectivity index (χ3n) is 19.9. The zero-order valence-electron chi connectivity index (χ0n) is 37.9. The summed E-state index contributed by atoms with van der Waals surface area (Å²) in [6.07, 6.45) is 0. The van der Waals surface area contributed by atoms with Crippen LogP contribution in [0.4, 0.5) is 0 Å².